The van der Waals surface area contributed by atoms with Crippen molar-refractivity contribution in [2.75, 3.05) is 13.6 Å². The fourth-order valence-electron chi connectivity index (χ4n) is 3.62. The summed E-state index contributed by atoms with van der Waals surface area (Å²) in [5.74, 6) is 1.52. The Balaban J connectivity index is 1.56. The number of amides is 1. The summed E-state index contributed by atoms with van der Waals surface area (Å²) in [5.41, 5.74) is 0.935. The highest BCUT2D eigenvalue weighted by Crippen LogP contribution is 2.39. The largest absolute Gasteiger partial charge is 0.393 e. The highest BCUT2D eigenvalue weighted by Gasteiger charge is 2.33. The zero-order valence-electron chi connectivity index (χ0n) is 14.5. The van der Waals surface area contributed by atoms with Crippen LogP contribution in [-0.4, -0.2) is 50.4 Å². The van der Waals surface area contributed by atoms with E-state index in [1.54, 1.807) is 11.9 Å². The maximum absolute atomic E-state index is 12.8. The number of aromatic nitrogens is 3. The molecule has 0 bridgehead atoms. The van der Waals surface area contributed by atoms with E-state index in [-0.39, 0.29) is 23.8 Å². The minimum absolute atomic E-state index is 0.160. The van der Waals surface area contributed by atoms with E-state index in [1.807, 2.05) is 35.0 Å². The van der Waals surface area contributed by atoms with Crippen LogP contribution < -0.4 is 0 Å². The Kier molecular flexibility index (Phi) is 4.29. The topological polar surface area (TPSA) is 71.2 Å². The lowest BCUT2D eigenvalue weighted by Gasteiger charge is -2.22. The number of para-hydroxylation sites is 1. The Morgan fingerprint density at radius 3 is 2.64 bits per heavy atom. The maximum atomic E-state index is 12.8. The zero-order valence-corrected chi connectivity index (χ0v) is 14.5. The van der Waals surface area contributed by atoms with Crippen molar-refractivity contribution < 1.29 is 9.90 Å². The van der Waals surface area contributed by atoms with Crippen molar-refractivity contribution in [3.05, 3.63) is 42.0 Å². The predicted octanol–water partition coefficient (Wildman–Crippen LogP) is 2.38. The van der Waals surface area contributed by atoms with Gasteiger partial charge < -0.3 is 10.0 Å². The number of hydrogen-bond acceptors (Lipinski definition) is 4. The Morgan fingerprint density at radius 1 is 1.24 bits per heavy atom. The third-order valence-corrected chi connectivity index (χ3v) is 5.24. The van der Waals surface area contributed by atoms with Crippen LogP contribution in [0.2, 0.25) is 0 Å². The number of carbonyl (C=O) groups excluding carboxylic acids is 1. The van der Waals surface area contributed by atoms with Crippen molar-refractivity contribution >= 4 is 5.91 Å². The number of rotatable bonds is 5. The Labute approximate surface area is 147 Å². The molecule has 2 unspecified atom stereocenters. The minimum Gasteiger partial charge on any atom is -0.393 e. The summed E-state index contributed by atoms with van der Waals surface area (Å²) in [6.45, 7) is 0.554. The number of aliphatic hydroxyl groups excluding tert-OH is 1. The maximum Gasteiger partial charge on any atom is 0.293 e. The van der Waals surface area contributed by atoms with Gasteiger partial charge in [0.05, 0.1) is 11.8 Å². The molecule has 2 atom stereocenters. The molecule has 2 saturated carbocycles. The number of hydrogen-bond donors (Lipinski definition) is 1. The Morgan fingerprint density at radius 2 is 2.00 bits per heavy atom. The summed E-state index contributed by atoms with van der Waals surface area (Å²) in [7, 11) is 1.77. The molecule has 6 heteroatoms. The number of aliphatic hydroxyl groups is 1. The van der Waals surface area contributed by atoms with E-state index in [0.29, 0.717) is 12.5 Å². The molecule has 1 heterocycles. The Hall–Kier alpha value is -2.21. The summed E-state index contributed by atoms with van der Waals surface area (Å²) in [4.78, 5) is 19.0. The quantitative estimate of drug-likeness (QED) is 0.907. The van der Waals surface area contributed by atoms with Crippen LogP contribution in [0.25, 0.3) is 5.69 Å². The van der Waals surface area contributed by atoms with Crippen molar-refractivity contribution in [2.45, 2.75) is 44.1 Å². The van der Waals surface area contributed by atoms with Gasteiger partial charge in [0.15, 0.2) is 0 Å². The van der Waals surface area contributed by atoms with Crippen LogP contribution in [0, 0.1) is 5.92 Å². The van der Waals surface area contributed by atoms with Crippen LogP contribution >= 0.6 is 0 Å². The molecule has 1 aromatic carbocycles. The van der Waals surface area contributed by atoms with Gasteiger partial charge in [-0.3, -0.25) is 4.79 Å². The first-order valence-corrected chi connectivity index (χ1v) is 9.09. The van der Waals surface area contributed by atoms with Gasteiger partial charge in [0, 0.05) is 25.4 Å². The van der Waals surface area contributed by atoms with Gasteiger partial charge in [-0.25, -0.2) is 9.67 Å². The first-order valence-electron chi connectivity index (χ1n) is 9.09. The molecule has 4 rings (SSSR count). The average molecular weight is 340 g/mol. The molecule has 0 radical (unpaired) electrons. The smallest absolute Gasteiger partial charge is 0.293 e. The van der Waals surface area contributed by atoms with Gasteiger partial charge in [-0.2, -0.15) is 0 Å². The molecule has 2 aliphatic rings. The van der Waals surface area contributed by atoms with E-state index in [0.717, 1.165) is 43.6 Å². The summed E-state index contributed by atoms with van der Waals surface area (Å²) < 4.78 is 1.81. The van der Waals surface area contributed by atoms with Crippen molar-refractivity contribution in [3.63, 3.8) is 0 Å². The van der Waals surface area contributed by atoms with E-state index in [9.17, 15) is 9.90 Å². The monoisotopic (exact) mass is 340 g/mol. The van der Waals surface area contributed by atoms with Crippen molar-refractivity contribution in [1.82, 2.24) is 19.7 Å². The van der Waals surface area contributed by atoms with E-state index < -0.39 is 0 Å². The highest BCUT2D eigenvalue weighted by molar-refractivity contribution is 5.90. The van der Waals surface area contributed by atoms with Gasteiger partial charge in [-0.15, -0.1) is 5.10 Å². The third-order valence-electron chi connectivity index (χ3n) is 5.24. The molecule has 1 aromatic heterocycles. The molecular weight excluding hydrogens is 316 g/mol. The molecular formula is C19H24N4O2. The van der Waals surface area contributed by atoms with E-state index in [2.05, 4.69) is 10.1 Å². The molecule has 1 N–H and O–H groups in total. The lowest BCUT2D eigenvalue weighted by atomic mass is 10.1. The van der Waals surface area contributed by atoms with Crippen LogP contribution in [-0.2, 0) is 0 Å². The van der Waals surface area contributed by atoms with E-state index in [1.165, 1.54) is 0 Å². The second-order valence-corrected chi connectivity index (χ2v) is 7.26. The van der Waals surface area contributed by atoms with Crippen molar-refractivity contribution in [3.8, 4) is 5.69 Å². The molecule has 0 aliphatic heterocycles. The molecule has 0 saturated heterocycles. The van der Waals surface area contributed by atoms with E-state index >= 15 is 0 Å². The first-order chi connectivity index (χ1) is 12.1. The zero-order chi connectivity index (χ0) is 17.4. The summed E-state index contributed by atoms with van der Waals surface area (Å²) in [6, 6.07) is 9.84. The highest BCUT2D eigenvalue weighted by atomic mass is 16.3. The van der Waals surface area contributed by atoms with Crippen LogP contribution in [0.4, 0.5) is 0 Å². The second-order valence-electron chi connectivity index (χ2n) is 7.26. The summed E-state index contributed by atoms with van der Waals surface area (Å²) in [6.07, 6.45) is 4.73. The lowest BCUT2D eigenvalue weighted by molar-refractivity contribution is 0.0682. The van der Waals surface area contributed by atoms with Crippen LogP contribution in [0.1, 0.15) is 54.5 Å². The van der Waals surface area contributed by atoms with Crippen LogP contribution in [0.5, 0.6) is 0 Å². The summed E-state index contributed by atoms with van der Waals surface area (Å²) in [5, 5.41) is 14.5. The molecule has 0 spiro atoms. The van der Waals surface area contributed by atoms with Crippen LogP contribution in [0.3, 0.4) is 0 Å². The first kappa shape index (κ1) is 16.3. The average Bonchev–Trinajstić information content (AvgIpc) is 3.26. The lowest BCUT2D eigenvalue weighted by Crippen LogP contribution is -2.35. The second kappa shape index (κ2) is 6.59. The van der Waals surface area contributed by atoms with E-state index in [4.69, 9.17) is 0 Å². The SMILES string of the molecule is CN(CC1CCCC1O)C(=O)c1nc(C2CC2)n(-c2ccccc2)n1. The predicted molar refractivity (Wildman–Crippen MR) is 93.6 cm³/mol. The summed E-state index contributed by atoms with van der Waals surface area (Å²) >= 11 is 0. The fraction of sp³-hybridized carbons (Fsp3) is 0.526. The van der Waals surface area contributed by atoms with Crippen molar-refractivity contribution in [2.24, 2.45) is 5.92 Å². The fourth-order valence-corrected chi connectivity index (χ4v) is 3.62. The normalized spacial score (nSPS) is 23.0. The van der Waals surface area contributed by atoms with Gasteiger partial charge in [0.25, 0.3) is 5.91 Å². The van der Waals surface area contributed by atoms with Gasteiger partial charge in [0.1, 0.15) is 5.82 Å². The third kappa shape index (κ3) is 3.31. The molecule has 6 nitrogen and oxygen atoms in total. The molecule has 2 fully saturated rings. The molecule has 2 aliphatic carbocycles. The van der Waals surface area contributed by atoms with Gasteiger partial charge in [0.2, 0.25) is 5.82 Å². The molecule has 1 amide bonds. The van der Waals surface area contributed by atoms with Crippen LogP contribution in [0.15, 0.2) is 30.3 Å². The van der Waals surface area contributed by atoms with Gasteiger partial charge >= 0.3 is 0 Å². The number of carbonyl (C=O) groups is 1. The molecule has 132 valence electrons. The van der Waals surface area contributed by atoms with Crippen molar-refractivity contribution in [1.29, 1.82) is 0 Å². The molecule has 25 heavy (non-hydrogen) atoms. The standard InChI is InChI=1S/C19H24N4O2/c1-22(12-14-6-5-9-16(14)24)19(25)17-20-18(13-10-11-13)23(21-17)15-7-3-2-4-8-15/h2-4,7-8,13-14,16,24H,5-6,9-12H2,1H3. The minimum atomic E-state index is -0.299. The van der Waals surface area contributed by atoms with Gasteiger partial charge in [-0.1, -0.05) is 24.6 Å². The number of benzene rings is 1. The Bertz CT molecular complexity index is 754. The number of nitrogens with zero attached hydrogens (tertiary/aromatic N) is 4. The molecule has 2 aromatic rings. The van der Waals surface area contributed by atoms with Gasteiger partial charge in [-0.05, 0) is 37.8 Å².